The van der Waals surface area contributed by atoms with Crippen LogP contribution in [0.4, 0.5) is 0 Å². The molecule has 1 fully saturated rings. The van der Waals surface area contributed by atoms with Gasteiger partial charge in [0.1, 0.15) is 5.78 Å². The maximum atomic E-state index is 11.0. The third-order valence-corrected chi connectivity index (χ3v) is 3.29. The molecule has 11 heavy (non-hydrogen) atoms. The molecule has 58 valence electrons. The number of carbonyl (C=O) groups excluding carboxylic acids is 1. The van der Waals surface area contributed by atoms with Crippen LogP contribution >= 0.6 is 11.3 Å². The Morgan fingerprint density at radius 2 is 2.36 bits per heavy atom. The Labute approximate surface area is 70.1 Å². The number of Topliss-reactive ketones (excluding diaryl/α,β-unsaturated/α-hetero) is 1. The van der Waals surface area contributed by atoms with Gasteiger partial charge in [-0.15, -0.1) is 11.3 Å². The minimum absolute atomic E-state index is 0.258. The molecule has 2 rings (SSSR count). The Balaban J connectivity index is 2.23. The summed E-state index contributed by atoms with van der Waals surface area (Å²) in [7, 11) is 0. The van der Waals surface area contributed by atoms with Crippen molar-refractivity contribution in [2.45, 2.75) is 25.7 Å². The van der Waals surface area contributed by atoms with Crippen LogP contribution in [0, 0.1) is 6.92 Å². The van der Waals surface area contributed by atoms with Crippen molar-refractivity contribution in [3.05, 3.63) is 21.9 Å². The quantitative estimate of drug-likeness (QED) is 0.626. The van der Waals surface area contributed by atoms with Crippen molar-refractivity contribution in [2.24, 2.45) is 0 Å². The van der Waals surface area contributed by atoms with Gasteiger partial charge >= 0.3 is 0 Å². The molecule has 0 bridgehead atoms. The fourth-order valence-corrected chi connectivity index (χ4v) is 2.38. The highest BCUT2D eigenvalue weighted by Crippen LogP contribution is 2.36. The van der Waals surface area contributed by atoms with Gasteiger partial charge in [0.25, 0.3) is 0 Å². The van der Waals surface area contributed by atoms with E-state index >= 15 is 0 Å². The summed E-state index contributed by atoms with van der Waals surface area (Å²) in [6, 6.07) is 4.17. The van der Waals surface area contributed by atoms with Crippen LogP contribution in [0.25, 0.3) is 0 Å². The van der Waals surface area contributed by atoms with Gasteiger partial charge < -0.3 is 0 Å². The Hall–Kier alpha value is -0.630. The first-order valence-electron chi connectivity index (χ1n) is 3.86. The van der Waals surface area contributed by atoms with Crippen LogP contribution in [-0.2, 0) is 4.79 Å². The maximum Gasteiger partial charge on any atom is 0.141 e. The van der Waals surface area contributed by atoms with Gasteiger partial charge in [0.2, 0.25) is 0 Å². The predicted octanol–water partition coefficient (Wildman–Crippen LogP) is 2.50. The SMILES string of the molecule is Cc1ccc(C2CCC2=O)s1. The van der Waals surface area contributed by atoms with E-state index in [0.717, 1.165) is 12.8 Å². The second-order valence-electron chi connectivity index (χ2n) is 3.01. The molecule has 0 N–H and O–H groups in total. The normalized spacial score (nSPS) is 23.4. The molecule has 1 aliphatic rings. The summed E-state index contributed by atoms with van der Waals surface area (Å²) in [6.45, 7) is 2.08. The van der Waals surface area contributed by atoms with Gasteiger partial charge in [0.05, 0.1) is 5.92 Å². The zero-order chi connectivity index (χ0) is 7.84. The lowest BCUT2D eigenvalue weighted by molar-refractivity contribution is -0.125. The van der Waals surface area contributed by atoms with Crippen molar-refractivity contribution in [1.29, 1.82) is 0 Å². The van der Waals surface area contributed by atoms with Gasteiger partial charge in [-0.1, -0.05) is 0 Å². The lowest BCUT2D eigenvalue weighted by atomic mass is 9.83. The Kier molecular flexibility index (Phi) is 1.57. The second-order valence-corrected chi connectivity index (χ2v) is 4.33. The van der Waals surface area contributed by atoms with E-state index in [-0.39, 0.29) is 5.92 Å². The van der Waals surface area contributed by atoms with E-state index in [9.17, 15) is 4.79 Å². The fraction of sp³-hybridized carbons (Fsp3) is 0.444. The van der Waals surface area contributed by atoms with E-state index in [1.807, 2.05) is 0 Å². The molecular formula is C9H10OS. The molecule has 2 heteroatoms. The van der Waals surface area contributed by atoms with Crippen molar-refractivity contribution < 1.29 is 4.79 Å². The highest BCUT2D eigenvalue weighted by molar-refractivity contribution is 7.12. The Morgan fingerprint density at radius 3 is 2.73 bits per heavy atom. The van der Waals surface area contributed by atoms with Gasteiger partial charge in [-0.25, -0.2) is 0 Å². The smallest absolute Gasteiger partial charge is 0.141 e. The molecule has 1 atom stereocenters. The molecule has 0 saturated heterocycles. The van der Waals surface area contributed by atoms with Crippen molar-refractivity contribution >= 4 is 17.1 Å². The van der Waals surface area contributed by atoms with E-state index in [1.165, 1.54) is 9.75 Å². The van der Waals surface area contributed by atoms with Gasteiger partial charge in [-0.2, -0.15) is 0 Å². The topological polar surface area (TPSA) is 17.1 Å². The van der Waals surface area contributed by atoms with Crippen LogP contribution in [0.1, 0.15) is 28.5 Å². The summed E-state index contributed by atoms with van der Waals surface area (Å²) in [5.41, 5.74) is 0. The molecule has 0 aliphatic heterocycles. The number of rotatable bonds is 1. The largest absolute Gasteiger partial charge is 0.299 e. The van der Waals surface area contributed by atoms with Crippen LogP contribution in [0.15, 0.2) is 12.1 Å². The van der Waals surface area contributed by atoms with Gasteiger partial charge in [0, 0.05) is 16.2 Å². The van der Waals surface area contributed by atoms with Crippen molar-refractivity contribution in [1.82, 2.24) is 0 Å². The predicted molar refractivity (Wildman–Crippen MR) is 46.0 cm³/mol. The summed E-state index contributed by atoms with van der Waals surface area (Å²) in [6.07, 6.45) is 1.86. The van der Waals surface area contributed by atoms with Gasteiger partial charge in [-0.05, 0) is 25.5 Å². The standard InChI is InChI=1S/C9H10OS/c1-6-2-5-9(11-6)7-3-4-8(7)10/h2,5,7H,3-4H2,1H3. The van der Waals surface area contributed by atoms with E-state index in [0.29, 0.717) is 5.78 Å². The number of thiophene rings is 1. The average molecular weight is 166 g/mol. The lowest BCUT2D eigenvalue weighted by Gasteiger charge is -2.22. The van der Waals surface area contributed by atoms with Crippen molar-refractivity contribution in [3.63, 3.8) is 0 Å². The van der Waals surface area contributed by atoms with Crippen LogP contribution in [0.2, 0.25) is 0 Å². The summed E-state index contributed by atoms with van der Waals surface area (Å²) < 4.78 is 0. The molecule has 1 aromatic rings. The molecular weight excluding hydrogens is 156 g/mol. The highest BCUT2D eigenvalue weighted by atomic mass is 32.1. The lowest BCUT2D eigenvalue weighted by Crippen LogP contribution is -2.21. The van der Waals surface area contributed by atoms with Crippen LogP contribution < -0.4 is 0 Å². The average Bonchev–Trinajstić information content (AvgIpc) is 2.33. The van der Waals surface area contributed by atoms with E-state index in [1.54, 1.807) is 11.3 Å². The van der Waals surface area contributed by atoms with Crippen molar-refractivity contribution in [2.75, 3.05) is 0 Å². The molecule has 1 saturated carbocycles. The highest BCUT2D eigenvalue weighted by Gasteiger charge is 2.30. The minimum atomic E-state index is 0.258. The fourth-order valence-electron chi connectivity index (χ4n) is 1.35. The summed E-state index contributed by atoms with van der Waals surface area (Å²) >= 11 is 1.75. The first-order valence-corrected chi connectivity index (χ1v) is 4.68. The monoisotopic (exact) mass is 166 g/mol. The van der Waals surface area contributed by atoms with E-state index in [4.69, 9.17) is 0 Å². The maximum absolute atomic E-state index is 11.0. The molecule has 0 radical (unpaired) electrons. The summed E-state index contributed by atoms with van der Waals surface area (Å²) in [5, 5.41) is 0. The first-order chi connectivity index (χ1) is 5.27. The molecule has 1 unspecified atom stereocenters. The molecule has 1 aliphatic carbocycles. The Bertz CT molecular complexity index is 288. The number of hydrogen-bond donors (Lipinski definition) is 0. The van der Waals surface area contributed by atoms with Gasteiger partial charge in [0.15, 0.2) is 0 Å². The molecule has 0 aromatic carbocycles. The first kappa shape index (κ1) is 7.04. The molecule has 1 nitrogen and oxygen atoms in total. The number of ketones is 1. The minimum Gasteiger partial charge on any atom is -0.299 e. The number of aryl methyl sites for hydroxylation is 1. The number of hydrogen-bond acceptors (Lipinski definition) is 2. The van der Waals surface area contributed by atoms with E-state index in [2.05, 4.69) is 19.1 Å². The number of carbonyl (C=O) groups is 1. The molecule has 1 aromatic heterocycles. The van der Waals surface area contributed by atoms with Crippen LogP contribution in [-0.4, -0.2) is 5.78 Å². The molecule has 1 heterocycles. The van der Waals surface area contributed by atoms with Crippen molar-refractivity contribution in [3.8, 4) is 0 Å². The Morgan fingerprint density at radius 1 is 1.55 bits per heavy atom. The van der Waals surface area contributed by atoms with Crippen LogP contribution in [0.5, 0.6) is 0 Å². The summed E-state index contributed by atoms with van der Waals surface area (Å²) in [4.78, 5) is 13.6. The third kappa shape index (κ3) is 1.11. The van der Waals surface area contributed by atoms with Gasteiger partial charge in [-0.3, -0.25) is 4.79 Å². The second kappa shape index (κ2) is 2.45. The zero-order valence-corrected chi connectivity index (χ0v) is 7.28. The third-order valence-electron chi connectivity index (χ3n) is 2.17. The molecule has 0 spiro atoms. The van der Waals surface area contributed by atoms with E-state index < -0.39 is 0 Å². The molecule has 0 amide bonds. The van der Waals surface area contributed by atoms with Crippen LogP contribution in [0.3, 0.4) is 0 Å². The zero-order valence-electron chi connectivity index (χ0n) is 6.46. The summed E-state index contributed by atoms with van der Waals surface area (Å²) in [5.74, 6) is 0.681.